The van der Waals surface area contributed by atoms with Gasteiger partial charge in [0.1, 0.15) is 5.75 Å². The SMILES string of the molecule is COc1ccc(-c2cc3c4ccccc4c(Br)c(-c4ccccc4)n3n2)cc1. The molecule has 2 heterocycles. The summed E-state index contributed by atoms with van der Waals surface area (Å²) in [4.78, 5) is 0. The molecule has 0 aliphatic carbocycles. The van der Waals surface area contributed by atoms with E-state index in [-0.39, 0.29) is 0 Å². The first-order valence-corrected chi connectivity index (χ1v) is 9.85. The van der Waals surface area contributed by atoms with Crippen LogP contribution in [0.4, 0.5) is 0 Å². The minimum atomic E-state index is 0.839. The van der Waals surface area contributed by atoms with Gasteiger partial charge in [0.2, 0.25) is 0 Å². The molecule has 0 unspecified atom stereocenters. The molecule has 0 aliphatic heterocycles. The molecule has 0 bridgehead atoms. The lowest BCUT2D eigenvalue weighted by Gasteiger charge is -2.12. The Labute approximate surface area is 171 Å². The summed E-state index contributed by atoms with van der Waals surface area (Å²) in [6, 6.07) is 29.0. The molecule has 0 saturated heterocycles. The fourth-order valence-electron chi connectivity index (χ4n) is 3.61. The predicted octanol–water partition coefficient (Wildman–Crippen LogP) is 6.59. The Kier molecular flexibility index (Phi) is 4.14. The minimum Gasteiger partial charge on any atom is -0.497 e. The average molecular weight is 429 g/mol. The van der Waals surface area contributed by atoms with Gasteiger partial charge in [0.25, 0.3) is 0 Å². The van der Waals surface area contributed by atoms with E-state index in [0.717, 1.165) is 38.3 Å². The Morgan fingerprint density at radius 3 is 2.18 bits per heavy atom. The predicted molar refractivity (Wildman–Crippen MR) is 118 cm³/mol. The zero-order valence-electron chi connectivity index (χ0n) is 15.3. The molecule has 5 rings (SSSR count). The number of methoxy groups -OCH3 is 1. The number of aromatic nitrogens is 2. The van der Waals surface area contributed by atoms with Crippen molar-refractivity contribution in [3.63, 3.8) is 0 Å². The largest absolute Gasteiger partial charge is 0.497 e. The van der Waals surface area contributed by atoms with E-state index in [1.807, 2.05) is 34.8 Å². The van der Waals surface area contributed by atoms with Crippen molar-refractivity contribution < 1.29 is 4.74 Å². The molecule has 136 valence electrons. The first kappa shape index (κ1) is 17.0. The fraction of sp³-hybridized carbons (Fsp3) is 0.0417. The summed E-state index contributed by atoms with van der Waals surface area (Å²) in [6.07, 6.45) is 0. The third-order valence-electron chi connectivity index (χ3n) is 5.00. The molecule has 0 fully saturated rings. The van der Waals surface area contributed by atoms with Gasteiger partial charge >= 0.3 is 0 Å². The van der Waals surface area contributed by atoms with Crippen LogP contribution in [-0.4, -0.2) is 16.7 Å². The fourth-order valence-corrected chi connectivity index (χ4v) is 4.35. The van der Waals surface area contributed by atoms with Crippen molar-refractivity contribution in [1.82, 2.24) is 9.61 Å². The van der Waals surface area contributed by atoms with E-state index in [1.54, 1.807) is 7.11 Å². The van der Waals surface area contributed by atoms with Gasteiger partial charge in [0.05, 0.1) is 28.5 Å². The average Bonchev–Trinajstić information content (AvgIpc) is 3.20. The molecule has 5 aromatic rings. The van der Waals surface area contributed by atoms with Crippen molar-refractivity contribution in [3.05, 3.63) is 89.4 Å². The van der Waals surface area contributed by atoms with Crippen LogP contribution in [-0.2, 0) is 0 Å². The number of pyridine rings is 1. The first-order valence-electron chi connectivity index (χ1n) is 9.06. The van der Waals surface area contributed by atoms with Crippen LogP contribution in [0.25, 0.3) is 38.8 Å². The van der Waals surface area contributed by atoms with Crippen molar-refractivity contribution in [1.29, 1.82) is 0 Å². The molecule has 0 spiro atoms. The zero-order chi connectivity index (χ0) is 19.1. The summed E-state index contributed by atoms with van der Waals surface area (Å²) >= 11 is 3.85. The number of hydrogen-bond donors (Lipinski definition) is 0. The van der Waals surface area contributed by atoms with Crippen molar-refractivity contribution in [2.75, 3.05) is 7.11 Å². The van der Waals surface area contributed by atoms with Crippen molar-refractivity contribution >= 4 is 32.2 Å². The van der Waals surface area contributed by atoms with E-state index in [9.17, 15) is 0 Å². The van der Waals surface area contributed by atoms with Gasteiger partial charge in [-0.2, -0.15) is 5.10 Å². The van der Waals surface area contributed by atoms with Gasteiger partial charge < -0.3 is 4.74 Å². The van der Waals surface area contributed by atoms with Crippen molar-refractivity contribution in [2.24, 2.45) is 0 Å². The Hall–Kier alpha value is -3.11. The van der Waals surface area contributed by atoms with E-state index >= 15 is 0 Å². The lowest BCUT2D eigenvalue weighted by atomic mass is 10.1. The summed E-state index contributed by atoms with van der Waals surface area (Å²) in [5, 5.41) is 7.32. The Morgan fingerprint density at radius 2 is 1.46 bits per heavy atom. The lowest BCUT2D eigenvalue weighted by Crippen LogP contribution is -1.97. The van der Waals surface area contributed by atoms with E-state index < -0.39 is 0 Å². The molecule has 4 heteroatoms. The van der Waals surface area contributed by atoms with Gasteiger partial charge in [0.15, 0.2) is 0 Å². The highest BCUT2D eigenvalue weighted by Gasteiger charge is 2.17. The molecule has 28 heavy (non-hydrogen) atoms. The molecule has 0 amide bonds. The van der Waals surface area contributed by atoms with Crippen LogP contribution in [0.1, 0.15) is 0 Å². The van der Waals surface area contributed by atoms with Crippen LogP contribution in [0.2, 0.25) is 0 Å². The molecular formula is C24H17BrN2O. The topological polar surface area (TPSA) is 26.5 Å². The molecule has 0 saturated carbocycles. The minimum absolute atomic E-state index is 0.839. The second kappa shape index (κ2) is 6.80. The number of ether oxygens (including phenoxy) is 1. The van der Waals surface area contributed by atoms with Crippen LogP contribution < -0.4 is 4.74 Å². The normalized spacial score (nSPS) is 11.2. The molecule has 0 radical (unpaired) electrons. The van der Waals surface area contributed by atoms with Crippen LogP contribution in [0.3, 0.4) is 0 Å². The molecule has 0 atom stereocenters. The number of nitrogens with zero attached hydrogens (tertiary/aromatic N) is 2. The quantitative estimate of drug-likeness (QED) is 0.323. The summed E-state index contributed by atoms with van der Waals surface area (Å²) in [5.74, 6) is 0.839. The van der Waals surface area contributed by atoms with Gasteiger partial charge in [-0.05, 0) is 46.3 Å². The van der Waals surface area contributed by atoms with Crippen LogP contribution >= 0.6 is 15.9 Å². The van der Waals surface area contributed by atoms with Gasteiger partial charge in [-0.15, -0.1) is 0 Å². The van der Waals surface area contributed by atoms with Crippen molar-refractivity contribution in [2.45, 2.75) is 0 Å². The highest BCUT2D eigenvalue weighted by molar-refractivity contribution is 9.10. The Morgan fingerprint density at radius 1 is 0.786 bits per heavy atom. The van der Waals surface area contributed by atoms with E-state index in [4.69, 9.17) is 9.84 Å². The number of hydrogen-bond acceptors (Lipinski definition) is 2. The lowest BCUT2D eigenvalue weighted by molar-refractivity contribution is 0.415. The highest BCUT2D eigenvalue weighted by atomic mass is 79.9. The number of halogens is 1. The molecule has 0 N–H and O–H groups in total. The molecule has 2 aromatic heterocycles. The van der Waals surface area contributed by atoms with Crippen LogP contribution in [0.5, 0.6) is 5.75 Å². The molecule has 3 aromatic carbocycles. The third kappa shape index (κ3) is 2.69. The Balaban J connectivity index is 1.84. The summed E-state index contributed by atoms with van der Waals surface area (Å²) in [5.41, 5.74) is 5.25. The van der Waals surface area contributed by atoms with Gasteiger partial charge in [0, 0.05) is 21.9 Å². The van der Waals surface area contributed by atoms with E-state index in [0.29, 0.717) is 0 Å². The second-order valence-electron chi connectivity index (χ2n) is 6.63. The van der Waals surface area contributed by atoms with Crippen LogP contribution in [0, 0.1) is 0 Å². The van der Waals surface area contributed by atoms with Gasteiger partial charge in [-0.1, -0.05) is 54.6 Å². The number of benzene rings is 3. The zero-order valence-corrected chi connectivity index (χ0v) is 16.8. The maximum atomic E-state index is 5.28. The smallest absolute Gasteiger partial charge is 0.118 e. The third-order valence-corrected chi connectivity index (χ3v) is 5.80. The second-order valence-corrected chi connectivity index (χ2v) is 7.42. The summed E-state index contributed by atoms with van der Waals surface area (Å²) in [7, 11) is 1.68. The number of rotatable bonds is 3. The van der Waals surface area contributed by atoms with Crippen LogP contribution in [0.15, 0.2) is 89.4 Å². The molecule has 0 aliphatic rings. The van der Waals surface area contributed by atoms with Gasteiger partial charge in [-0.25, -0.2) is 4.52 Å². The van der Waals surface area contributed by atoms with E-state index in [2.05, 4.69) is 70.5 Å². The van der Waals surface area contributed by atoms with E-state index in [1.165, 1.54) is 10.8 Å². The summed E-state index contributed by atoms with van der Waals surface area (Å²) < 4.78 is 8.37. The molecule has 3 nitrogen and oxygen atoms in total. The maximum Gasteiger partial charge on any atom is 0.118 e. The summed E-state index contributed by atoms with van der Waals surface area (Å²) in [6.45, 7) is 0. The standard InChI is InChI=1S/C24H17BrN2O/c1-28-18-13-11-16(12-14-18)21-15-22-19-9-5-6-10-20(19)23(25)24(27(22)26-21)17-7-3-2-4-8-17/h2-15H,1H3. The molecular weight excluding hydrogens is 412 g/mol. The first-order chi connectivity index (χ1) is 13.8. The maximum absolute atomic E-state index is 5.28. The van der Waals surface area contributed by atoms with Crippen molar-refractivity contribution in [3.8, 4) is 28.3 Å². The van der Waals surface area contributed by atoms with Gasteiger partial charge in [-0.3, -0.25) is 0 Å². The number of fused-ring (bicyclic) bond motifs is 3. The Bertz CT molecular complexity index is 1290. The highest BCUT2D eigenvalue weighted by Crippen LogP contribution is 2.38. The monoisotopic (exact) mass is 428 g/mol.